The second kappa shape index (κ2) is 10.9. The van der Waals surface area contributed by atoms with Crippen molar-refractivity contribution in [3.05, 3.63) is 175 Å². The minimum Gasteiger partial charge on any atom is -0.318 e. The average molecular weight is 611 g/mol. The average Bonchev–Trinajstić information content (AvgIpc) is 3.68. The van der Waals surface area contributed by atoms with Gasteiger partial charge in [0.05, 0.1) is 46.0 Å². The topological polar surface area (TPSA) is 38.0 Å². The lowest BCUT2D eigenvalue weighted by Crippen LogP contribution is -1.98. The van der Waals surface area contributed by atoms with Crippen LogP contribution in [0.4, 0.5) is 5.69 Å². The van der Waals surface area contributed by atoms with Crippen LogP contribution in [0.25, 0.3) is 82.1 Å². The van der Waals surface area contributed by atoms with Gasteiger partial charge in [-0.05, 0) is 64.5 Å². The van der Waals surface area contributed by atoms with Crippen molar-refractivity contribution in [2.75, 3.05) is 0 Å². The molecule has 0 N–H and O–H groups in total. The molecule has 48 heavy (non-hydrogen) atoms. The van der Waals surface area contributed by atoms with E-state index in [4.69, 9.17) is 6.57 Å². The van der Waals surface area contributed by atoms with Crippen LogP contribution in [-0.2, 0) is 0 Å². The molecule has 7 aromatic carbocycles. The first kappa shape index (κ1) is 27.4. The standard InChI is InChI=1S/C44H26N4/c1-46-39-19-11-18-38-37-17-5-9-23-43(37)48(44(38)39)40-20-6-2-14-34(40)30-24-25-33(31(26-30)28-45)29-12-10-13-32(27-29)47-41-21-7-3-15-35(41)36-16-4-8-22-42(36)47/h2-27H. The Morgan fingerprint density at radius 2 is 1.08 bits per heavy atom. The zero-order valence-corrected chi connectivity index (χ0v) is 25.8. The molecule has 0 bridgehead atoms. The van der Waals surface area contributed by atoms with Crippen molar-refractivity contribution in [1.29, 1.82) is 5.26 Å². The van der Waals surface area contributed by atoms with Crippen LogP contribution in [0.3, 0.4) is 0 Å². The summed E-state index contributed by atoms with van der Waals surface area (Å²) in [5.74, 6) is 0. The number of fused-ring (bicyclic) bond motifs is 6. The van der Waals surface area contributed by atoms with Gasteiger partial charge in [-0.15, -0.1) is 0 Å². The van der Waals surface area contributed by atoms with Gasteiger partial charge in [-0.1, -0.05) is 115 Å². The summed E-state index contributed by atoms with van der Waals surface area (Å²) in [6.45, 7) is 7.95. The zero-order chi connectivity index (χ0) is 32.2. The number of nitrogens with zero attached hydrogens (tertiary/aromatic N) is 4. The second-order valence-corrected chi connectivity index (χ2v) is 11.9. The number of hydrogen-bond donors (Lipinski definition) is 0. The van der Waals surface area contributed by atoms with Gasteiger partial charge in [-0.25, -0.2) is 4.85 Å². The predicted octanol–water partition coefficient (Wildman–Crippen LogP) is 11.6. The molecule has 0 saturated carbocycles. The van der Waals surface area contributed by atoms with Crippen molar-refractivity contribution in [2.45, 2.75) is 0 Å². The van der Waals surface area contributed by atoms with Gasteiger partial charge in [-0.2, -0.15) is 5.26 Å². The first-order valence-electron chi connectivity index (χ1n) is 15.9. The summed E-state index contributed by atoms with van der Waals surface area (Å²) in [7, 11) is 0. The van der Waals surface area contributed by atoms with Crippen LogP contribution in [0.1, 0.15) is 5.56 Å². The summed E-state index contributed by atoms with van der Waals surface area (Å²) in [6, 6.07) is 56.5. The Morgan fingerprint density at radius 3 is 1.79 bits per heavy atom. The Morgan fingerprint density at radius 1 is 0.500 bits per heavy atom. The predicted molar refractivity (Wildman–Crippen MR) is 197 cm³/mol. The minimum atomic E-state index is 0.603. The Bertz CT molecular complexity index is 2760. The Kier molecular flexibility index (Phi) is 6.22. The van der Waals surface area contributed by atoms with Gasteiger partial charge in [0.1, 0.15) is 0 Å². The van der Waals surface area contributed by atoms with Gasteiger partial charge >= 0.3 is 0 Å². The SMILES string of the molecule is [C-]#[N+]c1cccc2c3ccccc3n(-c3ccccc3-c3ccc(-c4cccc(-n5c6ccccc6c6ccccc65)c4)c(C#N)c3)c12. The van der Waals surface area contributed by atoms with Gasteiger partial charge in [0, 0.05) is 27.4 Å². The Labute approximate surface area is 277 Å². The molecule has 0 fully saturated rings. The summed E-state index contributed by atoms with van der Waals surface area (Å²) in [5, 5.41) is 15.1. The maximum atomic E-state index is 10.5. The van der Waals surface area contributed by atoms with Crippen molar-refractivity contribution in [2.24, 2.45) is 0 Å². The number of aromatic nitrogens is 2. The van der Waals surface area contributed by atoms with Gasteiger partial charge in [-0.3, -0.25) is 0 Å². The molecule has 4 nitrogen and oxygen atoms in total. The van der Waals surface area contributed by atoms with Crippen LogP contribution in [0.15, 0.2) is 158 Å². The molecule has 9 rings (SSSR count). The fourth-order valence-electron chi connectivity index (χ4n) is 7.32. The van der Waals surface area contributed by atoms with Crippen LogP contribution in [-0.4, -0.2) is 9.13 Å². The maximum Gasteiger partial charge on any atom is 0.211 e. The Balaban J connectivity index is 1.20. The molecule has 0 radical (unpaired) electrons. The molecule has 0 aliphatic heterocycles. The van der Waals surface area contributed by atoms with E-state index < -0.39 is 0 Å². The lowest BCUT2D eigenvalue weighted by atomic mass is 9.94. The first-order valence-corrected chi connectivity index (χ1v) is 15.9. The van der Waals surface area contributed by atoms with E-state index in [0.29, 0.717) is 11.3 Å². The molecule has 0 aliphatic carbocycles. The summed E-state index contributed by atoms with van der Waals surface area (Å²) in [6.07, 6.45) is 0. The normalized spacial score (nSPS) is 11.3. The van der Waals surface area contributed by atoms with Crippen molar-refractivity contribution in [3.8, 4) is 39.7 Å². The molecule has 9 aromatic rings. The molecule has 0 aliphatic rings. The fraction of sp³-hybridized carbons (Fsp3) is 0. The van der Waals surface area contributed by atoms with Crippen LogP contribution in [0.5, 0.6) is 0 Å². The molecule has 0 unspecified atom stereocenters. The van der Waals surface area contributed by atoms with Gasteiger partial charge in [0.2, 0.25) is 5.69 Å². The van der Waals surface area contributed by atoms with Crippen LogP contribution in [0, 0.1) is 17.9 Å². The molecular weight excluding hydrogens is 585 g/mol. The van der Waals surface area contributed by atoms with E-state index in [1.54, 1.807) is 0 Å². The molecule has 2 aromatic heterocycles. The number of nitriles is 1. The number of para-hydroxylation sites is 5. The third-order valence-electron chi connectivity index (χ3n) is 9.39. The molecule has 0 atom stereocenters. The van der Waals surface area contributed by atoms with E-state index in [2.05, 4.69) is 135 Å². The van der Waals surface area contributed by atoms with Gasteiger partial charge in [0.25, 0.3) is 0 Å². The largest absolute Gasteiger partial charge is 0.318 e. The summed E-state index contributed by atoms with van der Waals surface area (Å²) in [5.41, 5.74) is 11.2. The summed E-state index contributed by atoms with van der Waals surface area (Å²) < 4.78 is 4.50. The highest BCUT2D eigenvalue weighted by molar-refractivity contribution is 6.14. The molecular formula is C44H26N4. The van der Waals surface area contributed by atoms with Crippen molar-refractivity contribution in [1.82, 2.24) is 9.13 Å². The summed E-state index contributed by atoms with van der Waals surface area (Å²) in [4.78, 5) is 3.90. The third kappa shape index (κ3) is 4.07. The molecule has 4 heteroatoms. The quantitative estimate of drug-likeness (QED) is 0.183. The lowest BCUT2D eigenvalue weighted by Gasteiger charge is -2.16. The third-order valence-corrected chi connectivity index (χ3v) is 9.39. The van der Waals surface area contributed by atoms with E-state index in [1.807, 2.05) is 42.5 Å². The number of hydrogen-bond acceptors (Lipinski definition) is 1. The maximum absolute atomic E-state index is 10.5. The van der Waals surface area contributed by atoms with E-state index in [0.717, 1.165) is 66.5 Å². The molecule has 2 heterocycles. The first-order chi connectivity index (χ1) is 23.7. The highest BCUT2D eigenvalue weighted by atomic mass is 15.0. The van der Waals surface area contributed by atoms with Gasteiger partial charge in [0.15, 0.2) is 0 Å². The smallest absolute Gasteiger partial charge is 0.211 e. The zero-order valence-electron chi connectivity index (χ0n) is 25.8. The van der Waals surface area contributed by atoms with Crippen LogP contribution < -0.4 is 0 Å². The molecule has 222 valence electrons. The number of benzene rings is 7. The number of rotatable bonds is 4. The highest BCUT2D eigenvalue weighted by Gasteiger charge is 2.19. The van der Waals surface area contributed by atoms with Gasteiger partial charge < -0.3 is 9.13 Å². The molecule has 0 spiro atoms. The van der Waals surface area contributed by atoms with Crippen molar-refractivity contribution in [3.63, 3.8) is 0 Å². The van der Waals surface area contributed by atoms with Crippen molar-refractivity contribution < 1.29 is 0 Å². The van der Waals surface area contributed by atoms with E-state index in [-0.39, 0.29) is 0 Å². The lowest BCUT2D eigenvalue weighted by molar-refractivity contribution is 1.18. The van der Waals surface area contributed by atoms with E-state index in [1.165, 1.54) is 10.8 Å². The monoisotopic (exact) mass is 610 g/mol. The van der Waals surface area contributed by atoms with Crippen LogP contribution in [0.2, 0.25) is 0 Å². The molecule has 0 saturated heterocycles. The van der Waals surface area contributed by atoms with Crippen molar-refractivity contribution >= 4 is 49.3 Å². The van der Waals surface area contributed by atoms with Crippen LogP contribution >= 0.6 is 0 Å². The minimum absolute atomic E-state index is 0.603. The Hall–Kier alpha value is -6.88. The molecule has 0 amide bonds. The summed E-state index contributed by atoms with van der Waals surface area (Å²) >= 11 is 0. The second-order valence-electron chi connectivity index (χ2n) is 11.9. The van der Waals surface area contributed by atoms with E-state index in [9.17, 15) is 5.26 Å². The highest BCUT2D eigenvalue weighted by Crippen LogP contribution is 2.41. The fourth-order valence-corrected chi connectivity index (χ4v) is 7.32. The van der Waals surface area contributed by atoms with E-state index >= 15 is 0 Å².